The van der Waals surface area contributed by atoms with Crippen molar-refractivity contribution in [1.29, 1.82) is 0 Å². The Labute approximate surface area is 103 Å². The topological polar surface area (TPSA) is 141 Å². The third-order valence-electron chi connectivity index (χ3n) is 2.87. The summed E-state index contributed by atoms with van der Waals surface area (Å²) in [7, 11) is 0. The minimum Gasteiger partial charge on any atom is -0.480 e. The lowest BCUT2D eigenvalue weighted by atomic mass is 10.1. The van der Waals surface area contributed by atoms with Crippen molar-refractivity contribution in [2.24, 2.45) is 5.73 Å². The van der Waals surface area contributed by atoms with Gasteiger partial charge in [0.1, 0.15) is 12.1 Å². The number of β-amino-alcohol motifs (C(OH)–C–C–N with tert-alkyl or cyclic N) is 1. The largest absolute Gasteiger partial charge is 0.480 e. The fourth-order valence-corrected chi connectivity index (χ4v) is 1.87. The summed E-state index contributed by atoms with van der Waals surface area (Å²) in [6.07, 6.45) is -1.08. The third-order valence-corrected chi connectivity index (χ3v) is 2.87. The summed E-state index contributed by atoms with van der Waals surface area (Å²) in [5, 5.41) is 26.8. The molecule has 0 saturated carbocycles. The molecule has 0 aromatic rings. The predicted octanol–water partition coefficient (Wildman–Crippen LogP) is -1.78. The van der Waals surface area contributed by atoms with E-state index in [2.05, 4.69) is 0 Å². The van der Waals surface area contributed by atoms with E-state index in [9.17, 15) is 19.5 Å². The Morgan fingerprint density at radius 2 is 1.94 bits per heavy atom. The van der Waals surface area contributed by atoms with Gasteiger partial charge < -0.3 is 26.0 Å². The van der Waals surface area contributed by atoms with E-state index in [4.69, 9.17) is 15.9 Å². The van der Waals surface area contributed by atoms with Crippen LogP contribution >= 0.6 is 0 Å². The van der Waals surface area contributed by atoms with Gasteiger partial charge in [-0.15, -0.1) is 0 Å². The van der Waals surface area contributed by atoms with Crippen molar-refractivity contribution < 1.29 is 29.7 Å². The van der Waals surface area contributed by atoms with E-state index < -0.39 is 36.0 Å². The van der Waals surface area contributed by atoms with Crippen LogP contribution in [0.5, 0.6) is 0 Å². The standard InChI is InChI=1S/C10H16N2O6/c11-6(9(15)16)1-2-8(14)12-4-5(13)3-7(12)10(17)18/h5-7,13H,1-4,11H2,(H,15,16)(H,17,18)/t5-,6-,7-/m0/s1. The number of nitrogens with two attached hydrogens (primary N) is 1. The Bertz CT molecular complexity index is 358. The van der Waals surface area contributed by atoms with Gasteiger partial charge in [-0.05, 0) is 6.42 Å². The van der Waals surface area contributed by atoms with Gasteiger partial charge >= 0.3 is 11.9 Å². The quantitative estimate of drug-likeness (QED) is 0.458. The third kappa shape index (κ3) is 3.41. The highest BCUT2D eigenvalue weighted by molar-refractivity contribution is 5.85. The SMILES string of the molecule is N[C@@H](CCC(=O)N1C[C@@H](O)C[C@H]1C(=O)O)C(=O)O. The fourth-order valence-electron chi connectivity index (χ4n) is 1.87. The number of hydrogen-bond acceptors (Lipinski definition) is 5. The van der Waals surface area contributed by atoms with Gasteiger partial charge in [-0.1, -0.05) is 0 Å². The molecule has 3 atom stereocenters. The van der Waals surface area contributed by atoms with E-state index >= 15 is 0 Å². The van der Waals surface area contributed by atoms with E-state index in [1.54, 1.807) is 0 Å². The predicted molar refractivity (Wildman–Crippen MR) is 58.6 cm³/mol. The van der Waals surface area contributed by atoms with Crippen LogP contribution in [0, 0.1) is 0 Å². The smallest absolute Gasteiger partial charge is 0.326 e. The summed E-state index contributed by atoms with van der Waals surface area (Å²) in [5.74, 6) is -2.89. The number of aliphatic carboxylic acids is 2. The zero-order chi connectivity index (χ0) is 13.9. The lowest BCUT2D eigenvalue weighted by molar-refractivity contribution is -0.148. The minimum atomic E-state index is -1.21. The van der Waals surface area contributed by atoms with Gasteiger partial charge in [0.15, 0.2) is 0 Å². The van der Waals surface area contributed by atoms with Gasteiger partial charge in [0.05, 0.1) is 6.10 Å². The van der Waals surface area contributed by atoms with Gasteiger partial charge in [0, 0.05) is 19.4 Å². The molecule has 1 aliphatic rings. The number of carbonyl (C=O) groups is 3. The second-order valence-electron chi connectivity index (χ2n) is 4.27. The first-order valence-corrected chi connectivity index (χ1v) is 5.51. The van der Waals surface area contributed by atoms with Crippen LogP contribution in [0.2, 0.25) is 0 Å². The zero-order valence-electron chi connectivity index (χ0n) is 9.65. The molecule has 1 amide bonds. The molecule has 18 heavy (non-hydrogen) atoms. The molecular weight excluding hydrogens is 244 g/mol. The lowest BCUT2D eigenvalue weighted by Crippen LogP contribution is -2.41. The number of likely N-dealkylation sites (tertiary alicyclic amines) is 1. The molecular formula is C10H16N2O6. The van der Waals surface area contributed by atoms with Crippen molar-refractivity contribution in [3.05, 3.63) is 0 Å². The average molecular weight is 260 g/mol. The Balaban J connectivity index is 2.55. The molecule has 0 spiro atoms. The number of aliphatic hydroxyl groups is 1. The van der Waals surface area contributed by atoms with Gasteiger partial charge in [0.25, 0.3) is 0 Å². The lowest BCUT2D eigenvalue weighted by Gasteiger charge is -2.21. The normalized spacial score (nSPS) is 24.9. The maximum Gasteiger partial charge on any atom is 0.326 e. The maximum absolute atomic E-state index is 11.7. The Morgan fingerprint density at radius 1 is 1.33 bits per heavy atom. The number of aliphatic hydroxyl groups excluding tert-OH is 1. The van der Waals surface area contributed by atoms with Gasteiger partial charge in [-0.3, -0.25) is 9.59 Å². The maximum atomic E-state index is 11.7. The van der Waals surface area contributed by atoms with Gasteiger partial charge in [-0.25, -0.2) is 4.79 Å². The first kappa shape index (κ1) is 14.4. The monoisotopic (exact) mass is 260 g/mol. The van der Waals surface area contributed by atoms with Crippen LogP contribution in [0.1, 0.15) is 19.3 Å². The van der Waals surface area contributed by atoms with Crippen molar-refractivity contribution in [2.45, 2.75) is 37.5 Å². The molecule has 1 rings (SSSR count). The van der Waals surface area contributed by atoms with Crippen LogP contribution < -0.4 is 5.73 Å². The number of hydrogen-bond donors (Lipinski definition) is 4. The first-order chi connectivity index (χ1) is 8.32. The van der Waals surface area contributed by atoms with Gasteiger partial charge in [-0.2, -0.15) is 0 Å². The highest BCUT2D eigenvalue weighted by Gasteiger charge is 2.38. The summed E-state index contributed by atoms with van der Waals surface area (Å²) in [5.41, 5.74) is 5.25. The highest BCUT2D eigenvalue weighted by atomic mass is 16.4. The molecule has 0 unspecified atom stereocenters. The van der Waals surface area contributed by atoms with Gasteiger partial charge in [0.2, 0.25) is 5.91 Å². The number of carboxylic acid groups (broad SMARTS) is 2. The molecule has 0 aromatic heterocycles. The average Bonchev–Trinajstić information content (AvgIpc) is 2.67. The molecule has 1 saturated heterocycles. The van der Waals surface area contributed by atoms with Crippen LogP contribution in [0.15, 0.2) is 0 Å². The molecule has 0 aliphatic carbocycles. The number of rotatable bonds is 5. The Hall–Kier alpha value is -1.67. The van der Waals surface area contributed by atoms with Crippen LogP contribution in [0.3, 0.4) is 0 Å². The van der Waals surface area contributed by atoms with Crippen molar-refractivity contribution in [2.75, 3.05) is 6.54 Å². The Kier molecular flexibility index (Phi) is 4.62. The summed E-state index contributed by atoms with van der Waals surface area (Å²) in [6.45, 7) is -0.0435. The molecule has 1 heterocycles. The van der Waals surface area contributed by atoms with E-state index in [-0.39, 0.29) is 25.8 Å². The van der Waals surface area contributed by atoms with E-state index in [1.165, 1.54) is 0 Å². The molecule has 8 heteroatoms. The van der Waals surface area contributed by atoms with Crippen LogP contribution in [0.4, 0.5) is 0 Å². The molecule has 8 nitrogen and oxygen atoms in total. The highest BCUT2D eigenvalue weighted by Crippen LogP contribution is 2.19. The minimum absolute atomic E-state index is 0.00788. The van der Waals surface area contributed by atoms with Crippen molar-refractivity contribution >= 4 is 17.8 Å². The van der Waals surface area contributed by atoms with E-state index in [1.807, 2.05) is 0 Å². The van der Waals surface area contributed by atoms with Crippen molar-refractivity contribution in [3.8, 4) is 0 Å². The molecule has 0 aromatic carbocycles. The number of carbonyl (C=O) groups excluding carboxylic acids is 1. The summed E-state index contributed by atoms with van der Waals surface area (Å²) < 4.78 is 0. The molecule has 102 valence electrons. The van der Waals surface area contributed by atoms with E-state index in [0.29, 0.717) is 0 Å². The molecule has 5 N–H and O–H groups in total. The summed E-state index contributed by atoms with van der Waals surface area (Å²) in [6, 6.07) is -2.20. The second-order valence-corrected chi connectivity index (χ2v) is 4.27. The Morgan fingerprint density at radius 3 is 2.44 bits per heavy atom. The van der Waals surface area contributed by atoms with Crippen LogP contribution in [0.25, 0.3) is 0 Å². The number of carboxylic acids is 2. The fraction of sp³-hybridized carbons (Fsp3) is 0.700. The van der Waals surface area contributed by atoms with Crippen molar-refractivity contribution in [3.63, 3.8) is 0 Å². The second kappa shape index (κ2) is 5.78. The van der Waals surface area contributed by atoms with Crippen LogP contribution in [-0.2, 0) is 14.4 Å². The molecule has 0 bridgehead atoms. The van der Waals surface area contributed by atoms with Crippen LogP contribution in [-0.4, -0.2) is 62.8 Å². The zero-order valence-corrected chi connectivity index (χ0v) is 9.65. The molecule has 0 radical (unpaired) electrons. The number of nitrogens with zero attached hydrogens (tertiary/aromatic N) is 1. The molecule has 1 fully saturated rings. The summed E-state index contributed by atoms with van der Waals surface area (Å²) >= 11 is 0. The first-order valence-electron chi connectivity index (χ1n) is 5.51. The summed E-state index contributed by atoms with van der Waals surface area (Å²) in [4.78, 5) is 34.2. The number of amides is 1. The van der Waals surface area contributed by atoms with Crippen molar-refractivity contribution in [1.82, 2.24) is 4.90 Å². The molecule has 1 aliphatic heterocycles. The van der Waals surface area contributed by atoms with E-state index in [0.717, 1.165) is 4.90 Å².